The lowest BCUT2D eigenvalue weighted by atomic mass is 9.99. The molecule has 0 saturated carbocycles. The van der Waals surface area contributed by atoms with Crippen LogP contribution in [0.15, 0.2) is 37.7 Å². The highest BCUT2D eigenvalue weighted by atomic mass is 79.9. The zero-order valence-electron chi connectivity index (χ0n) is 11.4. The first-order chi connectivity index (χ1) is 10.4. The van der Waals surface area contributed by atoms with Gasteiger partial charge in [0.25, 0.3) is 5.91 Å². The van der Waals surface area contributed by atoms with E-state index in [0.717, 1.165) is 31.3 Å². The van der Waals surface area contributed by atoms with Gasteiger partial charge >= 0.3 is 0 Å². The van der Waals surface area contributed by atoms with Crippen LogP contribution in [0.3, 0.4) is 0 Å². The predicted molar refractivity (Wildman–Crippen MR) is 98.9 cm³/mol. The first-order valence-electron chi connectivity index (χ1n) is 6.39. The first kappa shape index (κ1) is 15.8. The number of halogens is 3. The second kappa shape index (κ2) is 5.83. The lowest BCUT2D eigenvalue weighted by molar-refractivity contribution is -0.110. The summed E-state index contributed by atoms with van der Waals surface area (Å²) in [6, 6.07) is 7.05. The molecule has 2 aromatic carbocycles. The highest BCUT2D eigenvalue weighted by molar-refractivity contribution is 9.11. The minimum atomic E-state index is -0.138. The average molecular weight is 488 g/mol. The number of carbonyl (C=O) groups is 1. The van der Waals surface area contributed by atoms with Crippen LogP contribution in [0, 0.1) is 6.92 Å². The molecular formula is C16H10Br3NO2. The number of nitrogens with one attached hydrogen (secondary N) is 1. The van der Waals surface area contributed by atoms with E-state index in [4.69, 9.17) is 0 Å². The number of anilines is 1. The molecule has 3 nitrogen and oxygen atoms in total. The monoisotopic (exact) mass is 485 g/mol. The zero-order valence-corrected chi connectivity index (χ0v) is 16.1. The minimum absolute atomic E-state index is 0.138. The second-order valence-electron chi connectivity index (χ2n) is 4.94. The number of amides is 1. The molecule has 2 aromatic rings. The molecule has 0 radical (unpaired) electrons. The van der Waals surface area contributed by atoms with E-state index >= 15 is 0 Å². The predicted octanol–water partition coefficient (Wildman–Crippen LogP) is 5.48. The van der Waals surface area contributed by atoms with E-state index in [0.29, 0.717) is 10.0 Å². The summed E-state index contributed by atoms with van der Waals surface area (Å²) in [5, 5.41) is 12.5. The molecule has 22 heavy (non-hydrogen) atoms. The van der Waals surface area contributed by atoms with Crippen LogP contribution in [-0.4, -0.2) is 11.0 Å². The number of hydrogen-bond acceptors (Lipinski definition) is 2. The largest absolute Gasteiger partial charge is 0.507 e. The van der Waals surface area contributed by atoms with Gasteiger partial charge in [0.2, 0.25) is 0 Å². The van der Waals surface area contributed by atoms with Gasteiger partial charge < -0.3 is 10.4 Å². The van der Waals surface area contributed by atoms with Gasteiger partial charge in [-0.05, 0) is 74.2 Å². The summed E-state index contributed by atoms with van der Waals surface area (Å²) in [6.07, 6.45) is 1.82. The standard InChI is InChI=1S/C16H10Br3NO2/c1-7-10(17)6-12(19)15-14(7)9(16(22)20-15)4-8-2-3-13(21)11(18)5-8/h2-6,21H,1H3,(H,20,22). The molecule has 0 aliphatic carbocycles. The second-order valence-corrected chi connectivity index (χ2v) is 7.50. The molecule has 0 saturated heterocycles. The van der Waals surface area contributed by atoms with Gasteiger partial charge in [0, 0.05) is 20.1 Å². The van der Waals surface area contributed by atoms with Gasteiger partial charge in [0.1, 0.15) is 5.75 Å². The number of phenols is 1. The molecular weight excluding hydrogens is 478 g/mol. The van der Waals surface area contributed by atoms with Crippen molar-refractivity contribution in [2.45, 2.75) is 6.92 Å². The Morgan fingerprint density at radius 1 is 1.09 bits per heavy atom. The van der Waals surface area contributed by atoms with Crippen LogP contribution in [-0.2, 0) is 4.79 Å². The molecule has 0 bridgehead atoms. The van der Waals surface area contributed by atoms with Gasteiger partial charge in [-0.1, -0.05) is 22.0 Å². The quantitative estimate of drug-likeness (QED) is 0.523. The van der Waals surface area contributed by atoms with Crippen molar-refractivity contribution in [1.29, 1.82) is 0 Å². The zero-order chi connectivity index (χ0) is 16.0. The minimum Gasteiger partial charge on any atom is -0.507 e. The Morgan fingerprint density at radius 3 is 2.50 bits per heavy atom. The summed E-state index contributed by atoms with van der Waals surface area (Å²) < 4.78 is 2.36. The third-order valence-corrected chi connectivity index (χ3v) is 5.59. The van der Waals surface area contributed by atoms with Gasteiger partial charge in [0.05, 0.1) is 10.2 Å². The highest BCUT2D eigenvalue weighted by Gasteiger charge is 2.29. The van der Waals surface area contributed by atoms with Crippen LogP contribution in [0.25, 0.3) is 11.6 Å². The molecule has 6 heteroatoms. The molecule has 0 fully saturated rings. The van der Waals surface area contributed by atoms with Crippen LogP contribution in [0.5, 0.6) is 5.75 Å². The van der Waals surface area contributed by atoms with Crippen molar-refractivity contribution in [3.63, 3.8) is 0 Å². The molecule has 0 unspecified atom stereocenters. The fraction of sp³-hybridized carbons (Fsp3) is 0.0625. The number of fused-ring (bicyclic) bond motifs is 1. The summed E-state index contributed by atoms with van der Waals surface area (Å²) >= 11 is 10.3. The van der Waals surface area contributed by atoms with E-state index in [1.54, 1.807) is 18.2 Å². The Morgan fingerprint density at radius 2 is 1.82 bits per heavy atom. The lowest BCUT2D eigenvalue weighted by Gasteiger charge is -2.08. The number of aromatic hydroxyl groups is 1. The molecule has 1 aliphatic heterocycles. The molecule has 1 aliphatic rings. The van der Waals surface area contributed by atoms with Crippen molar-refractivity contribution in [3.05, 3.63) is 54.4 Å². The van der Waals surface area contributed by atoms with Crippen molar-refractivity contribution in [2.24, 2.45) is 0 Å². The molecule has 2 N–H and O–H groups in total. The van der Waals surface area contributed by atoms with Crippen molar-refractivity contribution >= 4 is 71.0 Å². The maximum atomic E-state index is 12.3. The summed E-state index contributed by atoms with van der Waals surface area (Å²) in [5.74, 6) is 0.0289. The van der Waals surface area contributed by atoms with Gasteiger partial charge in [-0.3, -0.25) is 4.79 Å². The fourth-order valence-corrected chi connectivity index (χ4v) is 4.05. The SMILES string of the molecule is Cc1c(Br)cc(Br)c2c1C(=Cc1ccc(O)c(Br)c1)C(=O)N2. The molecule has 1 amide bonds. The number of phenolic OH excluding ortho intramolecular Hbond substituents is 1. The normalized spacial score (nSPS) is 15.1. The van der Waals surface area contributed by atoms with Crippen molar-refractivity contribution in [2.75, 3.05) is 5.32 Å². The van der Waals surface area contributed by atoms with Crippen LogP contribution in [0.4, 0.5) is 5.69 Å². The van der Waals surface area contributed by atoms with E-state index in [9.17, 15) is 9.90 Å². The van der Waals surface area contributed by atoms with Crippen LogP contribution >= 0.6 is 47.8 Å². The van der Waals surface area contributed by atoms with Crippen LogP contribution in [0.2, 0.25) is 0 Å². The average Bonchev–Trinajstić information content (AvgIpc) is 2.78. The molecule has 112 valence electrons. The van der Waals surface area contributed by atoms with Gasteiger partial charge in [0.15, 0.2) is 0 Å². The van der Waals surface area contributed by atoms with Crippen LogP contribution < -0.4 is 5.32 Å². The smallest absolute Gasteiger partial charge is 0.256 e. The molecule has 3 rings (SSSR count). The number of benzene rings is 2. The van der Waals surface area contributed by atoms with E-state index < -0.39 is 0 Å². The Balaban J connectivity index is 2.20. The summed E-state index contributed by atoms with van der Waals surface area (Å²) in [4.78, 5) is 12.3. The Labute approximate surface area is 152 Å². The van der Waals surface area contributed by atoms with Crippen molar-refractivity contribution < 1.29 is 9.90 Å². The summed E-state index contributed by atoms with van der Waals surface area (Å²) in [5.41, 5.74) is 4.11. The fourth-order valence-electron chi connectivity index (χ4n) is 2.39. The highest BCUT2D eigenvalue weighted by Crippen LogP contribution is 2.43. The van der Waals surface area contributed by atoms with Crippen molar-refractivity contribution in [3.8, 4) is 5.75 Å². The third-order valence-electron chi connectivity index (χ3n) is 3.51. The topological polar surface area (TPSA) is 49.3 Å². The Bertz CT molecular complexity index is 844. The van der Waals surface area contributed by atoms with E-state index in [1.165, 1.54) is 0 Å². The third kappa shape index (κ3) is 2.64. The maximum Gasteiger partial charge on any atom is 0.256 e. The van der Waals surface area contributed by atoms with Gasteiger partial charge in [-0.25, -0.2) is 0 Å². The van der Waals surface area contributed by atoms with E-state index in [1.807, 2.05) is 19.1 Å². The molecule has 0 aromatic heterocycles. The Hall–Kier alpha value is -1.11. The van der Waals surface area contributed by atoms with Crippen LogP contribution in [0.1, 0.15) is 16.7 Å². The summed E-state index contributed by atoms with van der Waals surface area (Å²) in [7, 11) is 0. The number of rotatable bonds is 1. The number of hydrogen-bond donors (Lipinski definition) is 2. The Kier molecular flexibility index (Phi) is 4.18. The summed E-state index contributed by atoms with van der Waals surface area (Å²) in [6.45, 7) is 1.97. The maximum absolute atomic E-state index is 12.3. The molecule has 0 spiro atoms. The molecule has 1 heterocycles. The van der Waals surface area contributed by atoms with E-state index in [2.05, 4.69) is 53.1 Å². The lowest BCUT2D eigenvalue weighted by Crippen LogP contribution is -2.03. The van der Waals surface area contributed by atoms with Gasteiger partial charge in [-0.2, -0.15) is 0 Å². The molecule has 0 atom stereocenters. The number of carbonyl (C=O) groups excluding carboxylic acids is 1. The van der Waals surface area contributed by atoms with Gasteiger partial charge in [-0.15, -0.1) is 0 Å². The van der Waals surface area contributed by atoms with E-state index in [-0.39, 0.29) is 11.7 Å². The van der Waals surface area contributed by atoms with Crippen molar-refractivity contribution in [1.82, 2.24) is 0 Å². The first-order valence-corrected chi connectivity index (χ1v) is 8.77.